The van der Waals surface area contributed by atoms with Crippen LogP contribution in [0.3, 0.4) is 0 Å². The quantitative estimate of drug-likeness (QED) is 0.785. The maximum absolute atomic E-state index is 13.0. The number of piperidine rings is 1. The molecule has 1 fully saturated rings. The van der Waals surface area contributed by atoms with Gasteiger partial charge in [-0.05, 0) is 55.9 Å². The van der Waals surface area contributed by atoms with Crippen molar-refractivity contribution in [3.05, 3.63) is 59.2 Å². The van der Waals surface area contributed by atoms with E-state index in [9.17, 15) is 13.2 Å². The van der Waals surface area contributed by atoms with E-state index in [0.717, 1.165) is 22.4 Å². The SMILES string of the molecule is Cc1ccc(S(=O)(=O)N2CCC(C(=O)Nc3ccccc3C(C)C)CC2)c(C)c1. The van der Waals surface area contributed by atoms with Crippen LogP contribution in [0.1, 0.15) is 49.3 Å². The zero-order valence-electron chi connectivity index (χ0n) is 17.6. The highest BCUT2D eigenvalue weighted by Crippen LogP contribution is 2.28. The molecule has 0 aromatic heterocycles. The number of aryl methyl sites for hydroxylation is 2. The smallest absolute Gasteiger partial charge is 0.243 e. The first-order valence-corrected chi connectivity index (χ1v) is 11.6. The molecule has 1 aliphatic rings. The number of nitrogens with one attached hydrogen (secondary N) is 1. The van der Waals surface area contributed by atoms with Crippen molar-refractivity contribution in [1.82, 2.24) is 4.31 Å². The van der Waals surface area contributed by atoms with Gasteiger partial charge in [-0.1, -0.05) is 49.7 Å². The Hall–Kier alpha value is -2.18. The van der Waals surface area contributed by atoms with Crippen LogP contribution >= 0.6 is 0 Å². The van der Waals surface area contributed by atoms with Gasteiger partial charge in [0, 0.05) is 24.7 Å². The minimum atomic E-state index is -3.53. The average molecular weight is 415 g/mol. The number of carbonyl (C=O) groups excluding carboxylic acids is 1. The summed E-state index contributed by atoms with van der Waals surface area (Å²) in [5, 5.41) is 3.06. The lowest BCUT2D eigenvalue weighted by atomic mass is 9.96. The van der Waals surface area contributed by atoms with Crippen molar-refractivity contribution in [2.24, 2.45) is 5.92 Å². The van der Waals surface area contributed by atoms with Gasteiger partial charge in [0.05, 0.1) is 4.90 Å². The average Bonchev–Trinajstić information content (AvgIpc) is 2.68. The van der Waals surface area contributed by atoms with Crippen LogP contribution in [0.15, 0.2) is 47.4 Å². The van der Waals surface area contributed by atoms with E-state index in [2.05, 4.69) is 19.2 Å². The van der Waals surface area contributed by atoms with Crippen LogP contribution in [-0.2, 0) is 14.8 Å². The molecule has 29 heavy (non-hydrogen) atoms. The van der Waals surface area contributed by atoms with Gasteiger partial charge in [-0.25, -0.2) is 8.42 Å². The number of hydrogen-bond donors (Lipinski definition) is 1. The Balaban J connectivity index is 1.67. The summed E-state index contributed by atoms with van der Waals surface area (Å²) in [6.45, 7) is 8.69. The highest BCUT2D eigenvalue weighted by atomic mass is 32.2. The number of anilines is 1. The van der Waals surface area contributed by atoms with E-state index < -0.39 is 10.0 Å². The molecule has 6 heteroatoms. The molecule has 0 atom stereocenters. The fourth-order valence-electron chi connectivity index (χ4n) is 3.94. The molecule has 1 amide bonds. The molecule has 1 N–H and O–H groups in total. The third kappa shape index (κ3) is 4.70. The molecule has 0 saturated carbocycles. The molecule has 0 aliphatic carbocycles. The topological polar surface area (TPSA) is 66.5 Å². The second-order valence-electron chi connectivity index (χ2n) is 8.18. The van der Waals surface area contributed by atoms with Crippen LogP contribution in [0.2, 0.25) is 0 Å². The molecular formula is C23H30N2O3S. The second-order valence-corrected chi connectivity index (χ2v) is 10.1. The lowest BCUT2D eigenvalue weighted by molar-refractivity contribution is -0.120. The zero-order valence-corrected chi connectivity index (χ0v) is 18.4. The summed E-state index contributed by atoms with van der Waals surface area (Å²) < 4.78 is 27.6. The predicted octanol–water partition coefficient (Wildman–Crippen LogP) is 4.47. The van der Waals surface area contributed by atoms with Gasteiger partial charge in [0.25, 0.3) is 0 Å². The third-order valence-corrected chi connectivity index (χ3v) is 7.67. The fourth-order valence-corrected chi connectivity index (χ4v) is 5.61. The molecule has 0 bridgehead atoms. The number of sulfonamides is 1. The molecule has 3 rings (SSSR count). The minimum absolute atomic E-state index is 0.0262. The second kappa shape index (κ2) is 8.67. The maximum atomic E-state index is 13.0. The van der Waals surface area contributed by atoms with Gasteiger partial charge in [0.15, 0.2) is 0 Å². The van der Waals surface area contributed by atoms with Crippen molar-refractivity contribution in [3.63, 3.8) is 0 Å². The first-order chi connectivity index (χ1) is 13.7. The molecule has 0 spiro atoms. The molecule has 0 unspecified atom stereocenters. The van der Waals surface area contributed by atoms with Crippen molar-refractivity contribution in [2.75, 3.05) is 18.4 Å². The zero-order chi connectivity index (χ0) is 21.2. The molecule has 2 aromatic rings. The van der Waals surface area contributed by atoms with Crippen molar-refractivity contribution in [2.45, 2.75) is 51.3 Å². The molecule has 2 aromatic carbocycles. The Kier molecular flexibility index (Phi) is 6.44. The highest BCUT2D eigenvalue weighted by molar-refractivity contribution is 7.89. The van der Waals surface area contributed by atoms with Gasteiger partial charge in [-0.3, -0.25) is 4.79 Å². The van der Waals surface area contributed by atoms with Crippen LogP contribution in [-0.4, -0.2) is 31.7 Å². The van der Waals surface area contributed by atoms with Crippen molar-refractivity contribution >= 4 is 21.6 Å². The third-order valence-electron chi connectivity index (χ3n) is 5.61. The van der Waals surface area contributed by atoms with Crippen molar-refractivity contribution < 1.29 is 13.2 Å². The van der Waals surface area contributed by atoms with E-state index in [0.29, 0.717) is 36.7 Å². The molecular weight excluding hydrogens is 384 g/mol. The van der Waals surface area contributed by atoms with Crippen molar-refractivity contribution in [3.8, 4) is 0 Å². The largest absolute Gasteiger partial charge is 0.326 e. The van der Waals surface area contributed by atoms with Gasteiger partial charge in [-0.2, -0.15) is 4.31 Å². The Morgan fingerprint density at radius 3 is 2.34 bits per heavy atom. The van der Waals surface area contributed by atoms with Crippen LogP contribution in [0.4, 0.5) is 5.69 Å². The lowest BCUT2D eigenvalue weighted by Gasteiger charge is -2.31. The van der Waals surface area contributed by atoms with Gasteiger partial charge in [-0.15, -0.1) is 0 Å². The van der Waals surface area contributed by atoms with E-state index >= 15 is 0 Å². The van der Waals surface area contributed by atoms with E-state index in [1.165, 1.54) is 4.31 Å². The summed E-state index contributed by atoms with van der Waals surface area (Å²) in [5.74, 6) is 0.110. The fraction of sp³-hybridized carbons (Fsp3) is 0.435. The van der Waals surface area contributed by atoms with Crippen LogP contribution in [0.5, 0.6) is 0 Å². The predicted molar refractivity (Wildman–Crippen MR) is 117 cm³/mol. The molecule has 156 valence electrons. The van der Waals surface area contributed by atoms with Gasteiger partial charge >= 0.3 is 0 Å². The van der Waals surface area contributed by atoms with E-state index in [-0.39, 0.29) is 11.8 Å². The Labute approximate surface area is 174 Å². The number of benzene rings is 2. The van der Waals surface area contributed by atoms with E-state index in [1.54, 1.807) is 6.07 Å². The molecule has 0 radical (unpaired) electrons. The number of amides is 1. The number of nitrogens with zero attached hydrogens (tertiary/aromatic N) is 1. The molecule has 1 heterocycles. The number of hydrogen-bond acceptors (Lipinski definition) is 3. The van der Waals surface area contributed by atoms with Crippen LogP contribution in [0.25, 0.3) is 0 Å². The molecule has 1 saturated heterocycles. The van der Waals surface area contributed by atoms with E-state index in [1.807, 2.05) is 50.2 Å². The molecule has 1 aliphatic heterocycles. The van der Waals surface area contributed by atoms with Crippen molar-refractivity contribution in [1.29, 1.82) is 0 Å². The van der Waals surface area contributed by atoms with Crippen LogP contribution < -0.4 is 5.32 Å². The standard InChI is InChI=1S/C23H30N2O3S/c1-16(2)20-7-5-6-8-21(20)24-23(26)19-11-13-25(14-12-19)29(27,28)22-10-9-17(3)15-18(22)4/h5-10,15-16,19H,11-14H2,1-4H3,(H,24,26). The summed E-state index contributed by atoms with van der Waals surface area (Å²) in [6.07, 6.45) is 1.06. The minimum Gasteiger partial charge on any atom is -0.326 e. The monoisotopic (exact) mass is 414 g/mol. The summed E-state index contributed by atoms with van der Waals surface area (Å²) in [7, 11) is -3.53. The van der Waals surface area contributed by atoms with Gasteiger partial charge < -0.3 is 5.32 Å². The maximum Gasteiger partial charge on any atom is 0.243 e. The Bertz CT molecular complexity index is 991. The van der Waals surface area contributed by atoms with Gasteiger partial charge in [0.2, 0.25) is 15.9 Å². The summed E-state index contributed by atoms with van der Waals surface area (Å²) in [5.41, 5.74) is 3.75. The first-order valence-electron chi connectivity index (χ1n) is 10.2. The number of para-hydroxylation sites is 1. The van der Waals surface area contributed by atoms with Crippen LogP contribution in [0, 0.1) is 19.8 Å². The number of rotatable bonds is 5. The highest BCUT2D eigenvalue weighted by Gasteiger charge is 2.33. The first kappa shape index (κ1) is 21.5. The van der Waals surface area contributed by atoms with Gasteiger partial charge in [0.1, 0.15) is 0 Å². The Morgan fingerprint density at radius 2 is 1.72 bits per heavy atom. The number of carbonyl (C=O) groups is 1. The molecule has 5 nitrogen and oxygen atoms in total. The Morgan fingerprint density at radius 1 is 1.07 bits per heavy atom. The summed E-state index contributed by atoms with van der Waals surface area (Å²) >= 11 is 0. The lowest BCUT2D eigenvalue weighted by Crippen LogP contribution is -2.41. The normalized spacial score (nSPS) is 16.2. The summed E-state index contributed by atoms with van der Waals surface area (Å²) in [4.78, 5) is 13.1. The summed E-state index contributed by atoms with van der Waals surface area (Å²) in [6, 6.07) is 13.2. The van der Waals surface area contributed by atoms with E-state index in [4.69, 9.17) is 0 Å².